The van der Waals surface area contributed by atoms with Gasteiger partial charge in [-0.05, 0) is 102 Å². The van der Waals surface area contributed by atoms with Crippen molar-refractivity contribution >= 4 is 61.9 Å². The van der Waals surface area contributed by atoms with E-state index in [0.29, 0.717) is 17.9 Å². The first-order valence-electron chi connectivity index (χ1n) is 24.7. The number of nitro benzene ring substituents is 2. The molecule has 1 aliphatic rings. The van der Waals surface area contributed by atoms with Crippen LogP contribution in [0.5, 0.6) is 0 Å². The quantitative estimate of drug-likeness (QED) is 0.0159. The van der Waals surface area contributed by atoms with Gasteiger partial charge in [0.2, 0.25) is 5.78 Å². The Morgan fingerprint density at radius 1 is 0.962 bits per heavy atom. The molecule has 0 radical (unpaired) electrons. The number of nitriles is 2. The number of benzene rings is 3. The zero-order valence-electron chi connectivity index (χ0n) is 46.7. The van der Waals surface area contributed by atoms with Crippen molar-refractivity contribution < 1.29 is 59.8 Å². The number of hydrogen-bond acceptors (Lipinski definition) is 16. The molecular formula is C53H77F3N10O12S. The van der Waals surface area contributed by atoms with Crippen LogP contribution in [0.4, 0.5) is 34.1 Å². The number of amides is 2. The number of likely N-dealkylation sites (tertiary alicyclic amines) is 1. The number of non-ortho nitro benzene ring substituents is 1. The van der Waals surface area contributed by atoms with Gasteiger partial charge in [0, 0.05) is 55.3 Å². The van der Waals surface area contributed by atoms with Crippen molar-refractivity contribution in [1.82, 2.24) is 15.5 Å². The first-order valence-corrected chi connectivity index (χ1v) is 26.2. The number of alkyl carbamates (subject to hydrolysis) is 1. The second kappa shape index (κ2) is 41.3. The molecule has 4 rings (SSSR count). The van der Waals surface area contributed by atoms with E-state index in [4.69, 9.17) is 21.7 Å². The molecule has 6 N–H and O–H groups in total. The van der Waals surface area contributed by atoms with Crippen LogP contribution in [0.2, 0.25) is 0 Å². The van der Waals surface area contributed by atoms with Crippen molar-refractivity contribution in [3.63, 3.8) is 0 Å². The van der Waals surface area contributed by atoms with Gasteiger partial charge in [0.15, 0.2) is 0 Å². The average molecular weight is 1140 g/mol. The molecule has 22 nitrogen and oxygen atoms in total. The molecule has 0 aromatic heterocycles. The van der Waals surface area contributed by atoms with E-state index in [1.807, 2.05) is 45.9 Å². The van der Waals surface area contributed by atoms with Crippen molar-refractivity contribution in [2.75, 3.05) is 32.8 Å². The molecule has 1 saturated heterocycles. The molecule has 2 amide bonds. The van der Waals surface area contributed by atoms with Crippen LogP contribution in [0.15, 0.2) is 88.9 Å². The molecule has 0 aliphatic carbocycles. The number of halogens is 3. The number of ether oxygens (including phenoxy) is 2. The maximum Gasteiger partial charge on any atom is 0.449 e. The summed E-state index contributed by atoms with van der Waals surface area (Å²) in [6.07, 6.45) is 0.663. The third-order valence-electron chi connectivity index (χ3n) is 9.96. The standard InChI is InChI=1S/C17H20O3S.C12H24N2.C10H12N4O4.C7H6N2O4.C3H3F3O.C2H6N2.C2H6/c1-13(2)6-3-4-7-14-10-11-16-15(12-14)8-5-9-17(16)21(18,19)20;1-5-12-8-11(4)9-14(12)7-6-13-10(2)3;1-8(13-9(15)17-6-2-4-11)14-10(16)18-7-3-5-12;1-5-2-3-6(8(10)11)4-7(5)9(12)13;1-2(7)3(4,5)6;1-2(3)4;1-2/h5,8-12H,1,3-4,6-7H2,2H3,(H,18,19,20);11-13H,2,5-9H2,1,3-4H3;2-3,6-7H2,1H3,(H,13,14,15,16);2-4H,1H3;1H3;1H3,(H3,3,4);1-2H3. The Kier molecular flexibility index (Phi) is 39.4. The lowest BCUT2D eigenvalue weighted by Crippen LogP contribution is -2.35. The smallest absolute Gasteiger partial charge is 0.448 e. The van der Waals surface area contributed by atoms with E-state index in [0.717, 1.165) is 67.9 Å². The molecule has 3 aromatic carbocycles. The normalized spacial score (nSPS) is 13.3. The number of fused-ring (bicyclic) bond motifs is 1. The predicted octanol–water partition coefficient (Wildman–Crippen LogP) is 11.6. The van der Waals surface area contributed by atoms with E-state index in [9.17, 15) is 60.8 Å². The van der Waals surface area contributed by atoms with Gasteiger partial charge in [-0.2, -0.15) is 37.1 Å². The number of nitrogens with two attached hydrogens (primary N) is 1. The lowest BCUT2D eigenvalue weighted by Gasteiger charge is -2.23. The van der Waals surface area contributed by atoms with Gasteiger partial charge in [-0.3, -0.25) is 45.2 Å². The summed E-state index contributed by atoms with van der Waals surface area (Å²) < 4.78 is 73.6. The minimum Gasteiger partial charge on any atom is -0.448 e. The molecule has 0 bridgehead atoms. The average Bonchev–Trinajstić information content (AvgIpc) is 3.71. The van der Waals surface area contributed by atoms with Crippen LogP contribution in [0.1, 0.15) is 118 Å². The van der Waals surface area contributed by atoms with Crippen LogP contribution in [0.3, 0.4) is 0 Å². The van der Waals surface area contributed by atoms with E-state index in [1.165, 1.54) is 69.5 Å². The van der Waals surface area contributed by atoms with Gasteiger partial charge >= 0.3 is 18.4 Å². The van der Waals surface area contributed by atoms with Crippen LogP contribution >= 0.6 is 0 Å². The van der Waals surface area contributed by atoms with Gasteiger partial charge in [-0.1, -0.05) is 70.2 Å². The summed E-state index contributed by atoms with van der Waals surface area (Å²) in [4.78, 5) is 56.7. The summed E-state index contributed by atoms with van der Waals surface area (Å²) in [6, 6.07) is 18.6. The number of Topliss-reactive ketones (excluding diaryl/α,β-unsaturated/α-hetero) is 1. The van der Waals surface area contributed by atoms with E-state index in [-0.39, 0.29) is 54.0 Å². The highest BCUT2D eigenvalue weighted by molar-refractivity contribution is 7.86. The zero-order chi connectivity index (χ0) is 61.5. The van der Waals surface area contributed by atoms with Crippen LogP contribution in [0.25, 0.3) is 10.8 Å². The fourth-order valence-corrected chi connectivity index (χ4v) is 7.17. The molecule has 2 atom stereocenters. The fraction of sp³-hybridized carbons (Fsp3) is 0.491. The van der Waals surface area contributed by atoms with Crippen LogP contribution < -0.4 is 16.4 Å². The number of aryl methyl sites for hydroxylation is 2. The Labute approximate surface area is 461 Å². The number of allylic oxidation sites excluding steroid dienone is 2. The number of aliphatic imine (C=N–C) groups is 1. The second-order valence-corrected chi connectivity index (χ2v) is 18.6. The third kappa shape index (κ3) is 37.6. The van der Waals surface area contributed by atoms with Gasteiger partial charge in [-0.25, -0.2) is 9.59 Å². The van der Waals surface area contributed by atoms with Gasteiger partial charge in [0.25, 0.3) is 21.5 Å². The summed E-state index contributed by atoms with van der Waals surface area (Å²) in [6.45, 7) is 28.7. The highest BCUT2D eigenvalue weighted by Crippen LogP contribution is 2.26. The molecule has 0 saturated carbocycles. The number of unbranched alkanes of at least 4 members (excludes halogenated alkanes) is 1. The Balaban J connectivity index is -0.000000917. The van der Waals surface area contributed by atoms with Crippen molar-refractivity contribution in [1.29, 1.82) is 15.9 Å². The molecule has 1 aliphatic heterocycles. The number of nitrogens with zero attached hydrogens (tertiary/aromatic N) is 6. The lowest BCUT2D eigenvalue weighted by molar-refractivity contribution is -0.394. The topological polar surface area (TPSA) is 347 Å². The highest BCUT2D eigenvalue weighted by atomic mass is 32.2. The molecule has 2 unspecified atom stereocenters. The second-order valence-electron chi connectivity index (χ2n) is 17.2. The third-order valence-corrected chi connectivity index (χ3v) is 10.9. The largest absolute Gasteiger partial charge is 0.449 e. The summed E-state index contributed by atoms with van der Waals surface area (Å²) in [5.41, 5.74) is 8.07. The summed E-state index contributed by atoms with van der Waals surface area (Å²) in [5, 5.41) is 50.2. The van der Waals surface area contributed by atoms with Gasteiger partial charge in [0.05, 0.1) is 46.7 Å². The Bertz CT molecular complexity index is 2690. The molecule has 1 fully saturated rings. The SMILES string of the molecule is C=C(C)CCCCc1ccc2c(S(=O)(=O)O)cccc2c1.C=C(C)NCCN1CC(C)CC1CC.CC.CC(=N)N.CC(=NC(=O)OCCC#N)NC(=O)OCCC#N.CC(=O)C(F)(F)F.Cc1ccc([N+](=O)[O-])cc1[N+](=O)[O-]. The fourth-order valence-electron chi connectivity index (χ4n) is 6.45. The Morgan fingerprint density at radius 3 is 2.01 bits per heavy atom. The lowest BCUT2D eigenvalue weighted by atomic mass is 10.0. The number of alkyl halides is 3. The maximum atomic E-state index is 11.4. The van der Waals surface area contributed by atoms with Crippen molar-refractivity contribution in [2.24, 2.45) is 16.6 Å². The maximum absolute atomic E-state index is 11.4. The van der Waals surface area contributed by atoms with Gasteiger partial charge in [0.1, 0.15) is 23.9 Å². The van der Waals surface area contributed by atoms with E-state index < -0.39 is 44.1 Å². The number of ketones is 1. The van der Waals surface area contributed by atoms with Crippen molar-refractivity contribution in [3.8, 4) is 12.1 Å². The number of nitro groups is 2. The van der Waals surface area contributed by atoms with Gasteiger partial charge in [-0.15, -0.1) is 6.58 Å². The van der Waals surface area contributed by atoms with Crippen molar-refractivity contribution in [3.05, 3.63) is 110 Å². The molecular weight excluding hydrogens is 1060 g/mol. The van der Waals surface area contributed by atoms with Gasteiger partial charge < -0.3 is 20.5 Å². The minimum absolute atomic E-state index is 0.00100. The summed E-state index contributed by atoms with van der Waals surface area (Å²) >= 11 is 0. The van der Waals surface area contributed by atoms with Crippen molar-refractivity contribution in [2.45, 2.75) is 138 Å². The van der Waals surface area contributed by atoms with E-state index in [1.54, 1.807) is 24.3 Å². The number of nitrogens with one attached hydrogen (secondary N) is 3. The first kappa shape index (κ1) is 75.4. The number of carbonyl (C=O) groups is 3. The summed E-state index contributed by atoms with van der Waals surface area (Å²) in [5.74, 6) is -0.712. The molecule has 1 heterocycles. The summed E-state index contributed by atoms with van der Waals surface area (Å²) in [7, 11) is -4.18. The Hall–Kier alpha value is -7.81. The molecule has 438 valence electrons. The molecule has 79 heavy (non-hydrogen) atoms. The first-order chi connectivity index (χ1) is 36.8. The Morgan fingerprint density at radius 2 is 1.53 bits per heavy atom. The molecule has 26 heteroatoms. The van der Waals surface area contributed by atoms with E-state index >= 15 is 0 Å². The predicted molar refractivity (Wildman–Crippen MR) is 298 cm³/mol. The molecule has 3 aromatic rings. The van der Waals surface area contributed by atoms with Crippen LogP contribution in [0, 0.1) is 61.1 Å². The van der Waals surface area contributed by atoms with Crippen LogP contribution in [-0.4, -0.2) is 102 Å². The van der Waals surface area contributed by atoms with E-state index in [2.05, 4.69) is 57.0 Å². The highest BCUT2D eigenvalue weighted by Gasteiger charge is 2.33. The molecule has 0 spiro atoms. The number of rotatable bonds is 17. The van der Waals surface area contributed by atoms with Crippen LogP contribution in [-0.2, 0) is 30.8 Å². The monoisotopic (exact) mass is 1130 g/mol. The number of carbonyl (C=O) groups excluding carboxylic acids is 3. The number of hydrogen-bond donors (Lipinski definition) is 5. The zero-order valence-corrected chi connectivity index (χ0v) is 47.5. The number of amidine groups is 2. The minimum atomic E-state index is -4.64.